The summed E-state index contributed by atoms with van der Waals surface area (Å²) >= 11 is 0. The number of amides is 3. The van der Waals surface area contributed by atoms with Gasteiger partial charge >= 0.3 is 6.03 Å². The smallest absolute Gasteiger partial charge is 0.322 e. The number of carbonyl (C=O) groups is 2. The first-order valence-electron chi connectivity index (χ1n) is 8.57. The first kappa shape index (κ1) is 18.8. The molecule has 7 N–H and O–H groups in total. The van der Waals surface area contributed by atoms with Gasteiger partial charge in [-0.25, -0.2) is 4.79 Å². The van der Waals surface area contributed by atoms with E-state index < -0.39 is 36.4 Å². The minimum absolute atomic E-state index is 0.0595. The zero-order valence-corrected chi connectivity index (χ0v) is 15.1. The second kappa shape index (κ2) is 6.64. The van der Waals surface area contributed by atoms with E-state index in [-0.39, 0.29) is 24.0 Å². The van der Waals surface area contributed by atoms with Crippen molar-refractivity contribution in [2.24, 2.45) is 11.7 Å². The summed E-state index contributed by atoms with van der Waals surface area (Å²) in [4.78, 5) is 26.9. The first-order valence-corrected chi connectivity index (χ1v) is 8.57. The molecule has 3 amide bonds. The fourth-order valence-electron chi connectivity index (χ4n) is 4.00. The number of nitrogens with one attached hydrogen (secondary N) is 3. The number of hydrogen-bond acceptors (Lipinski definition) is 8. The molecular weight excluding hydrogens is 354 g/mol. The largest absolute Gasteiger partial charge is 0.506 e. The van der Waals surface area contributed by atoms with Gasteiger partial charge in [0.25, 0.3) is 0 Å². The van der Waals surface area contributed by atoms with Crippen LogP contribution in [0.25, 0.3) is 0 Å². The van der Waals surface area contributed by atoms with E-state index in [1.165, 1.54) is 6.20 Å². The molecule has 3 aliphatic rings. The van der Waals surface area contributed by atoms with Gasteiger partial charge in [-0.15, -0.1) is 0 Å². The van der Waals surface area contributed by atoms with Crippen molar-refractivity contribution >= 4 is 11.9 Å². The highest BCUT2D eigenvalue weighted by molar-refractivity contribution is 5.80. The second-order valence-electron chi connectivity index (χ2n) is 6.98. The maximum Gasteiger partial charge on any atom is 0.322 e. The van der Waals surface area contributed by atoms with Crippen molar-refractivity contribution in [3.05, 3.63) is 23.4 Å². The van der Waals surface area contributed by atoms with Crippen LogP contribution in [0.3, 0.4) is 0 Å². The van der Waals surface area contributed by atoms with E-state index in [9.17, 15) is 19.8 Å². The normalized spacial score (nSPS) is 32.6. The molecule has 4 atom stereocenters. The Labute approximate surface area is 156 Å². The molecule has 27 heavy (non-hydrogen) atoms. The summed E-state index contributed by atoms with van der Waals surface area (Å²) in [7, 11) is 1.62. The van der Waals surface area contributed by atoms with Crippen LogP contribution in [0.4, 0.5) is 4.79 Å². The van der Waals surface area contributed by atoms with Crippen LogP contribution in [0.5, 0.6) is 0 Å². The first-order chi connectivity index (χ1) is 12.7. The molecule has 0 spiro atoms. The molecule has 0 radical (unpaired) electrons. The number of nitrogens with zero attached hydrogens (tertiary/aromatic N) is 3. The molecule has 146 valence electrons. The molecule has 0 aliphatic carbocycles. The van der Waals surface area contributed by atoms with E-state index in [0.29, 0.717) is 12.0 Å². The second-order valence-corrected chi connectivity index (χ2v) is 6.98. The Kier molecular flexibility index (Phi) is 4.63. The number of likely N-dealkylation sites (tertiary alicyclic amines) is 1. The molecule has 3 heterocycles. The quantitative estimate of drug-likeness (QED) is 0.324. The molecule has 3 aliphatic heterocycles. The van der Waals surface area contributed by atoms with Crippen LogP contribution >= 0.6 is 0 Å². The highest BCUT2D eigenvalue weighted by Gasteiger charge is 2.51. The van der Waals surface area contributed by atoms with Gasteiger partial charge in [0.05, 0.1) is 17.7 Å². The number of hydrogen-bond donors (Lipinski definition) is 6. The van der Waals surface area contributed by atoms with Gasteiger partial charge in [-0.3, -0.25) is 20.7 Å². The Balaban J connectivity index is 1.98. The van der Waals surface area contributed by atoms with Crippen molar-refractivity contribution in [3.8, 4) is 6.07 Å². The predicted octanol–water partition coefficient (Wildman–Crippen LogP) is -1.47. The molecule has 11 heteroatoms. The maximum atomic E-state index is 12.2. The molecule has 0 aromatic heterocycles. The molecule has 0 aromatic carbocycles. The van der Waals surface area contributed by atoms with Gasteiger partial charge in [0.15, 0.2) is 0 Å². The van der Waals surface area contributed by atoms with E-state index >= 15 is 0 Å². The summed E-state index contributed by atoms with van der Waals surface area (Å²) in [6.45, 7) is 2.09. The fraction of sp³-hybridized carbons (Fsp3) is 0.562. The lowest BCUT2D eigenvalue weighted by atomic mass is 9.87. The van der Waals surface area contributed by atoms with E-state index in [2.05, 4.69) is 16.0 Å². The number of rotatable bonds is 3. The lowest BCUT2D eigenvalue weighted by Gasteiger charge is -2.52. The number of likely N-dealkylation sites (N-methyl/N-ethyl adjacent to an activating group) is 1. The van der Waals surface area contributed by atoms with Gasteiger partial charge in [0, 0.05) is 19.8 Å². The summed E-state index contributed by atoms with van der Waals surface area (Å²) in [5.74, 6) is -2.56. The minimum atomic E-state index is -2.07. The highest BCUT2D eigenvalue weighted by atomic mass is 16.3. The third kappa shape index (κ3) is 3.02. The van der Waals surface area contributed by atoms with Crippen LogP contribution in [-0.2, 0) is 4.79 Å². The van der Waals surface area contributed by atoms with Crippen molar-refractivity contribution in [3.63, 3.8) is 0 Å². The number of fused-ring (bicyclic) bond motifs is 1. The van der Waals surface area contributed by atoms with Crippen LogP contribution in [-0.4, -0.2) is 63.6 Å². The predicted molar refractivity (Wildman–Crippen MR) is 92.7 cm³/mol. The van der Waals surface area contributed by atoms with Crippen LogP contribution in [0.1, 0.15) is 19.8 Å². The topological polar surface area (TPSA) is 167 Å². The van der Waals surface area contributed by atoms with Crippen LogP contribution in [0, 0.1) is 17.2 Å². The van der Waals surface area contributed by atoms with Crippen molar-refractivity contribution in [2.45, 2.75) is 37.8 Å². The van der Waals surface area contributed by atoms with E-state index in [0.717, 1.165) is 4.90 Å². The third-order valence-electron chi connectivity index (χ3n) is 5.23. The summed E-state index contributed by atoms with van der Waals surface area (Å²) < 4.78 is 0. The van der Waals surface area contributed by atoms with Crippen molar-refractivity contribution in [1.29, 1.82) is 5.26 Å². The van der Waals surface area contributed by atoms with Crippen LogP contribution in [0.15, 0.2) is 23.4 Å². The average Bonchev–Trinajstić information content (AvgIpc) is 2.94. The van der Waals surface area contributed by atoms with Gasteiger partial charge in [-0.05, 0) is 12.3 Å². The molecule has 0 aromatic rings. The maximum absolute atomic E-state index is 12.2. The number of piperidine rings is 1. The summed E-state index contributed by atoms with van der Waals surface area (Å²) in [5.41, 5.74) is 6.57. The van der Waals surface area contributed by atoms with Crippen molar-refractivity contribution in [2.75, 3.05) is 13.6 Å². The molecule has 1 fully saturated rings. The van der Waals surface area contributed by atoms with Gasteiger partial charge in [0.1, 0.15) is 24.2 Å². The third-order valence-corrected chi connectivity index (χ3v) is 5.23. The average molecular weight is 377 g/mol. The Morgan fingerprint density at radius 3 is 2.96 bits per heavy atom. The molecule has 3 rings (SSSR count). The Bertz CT molecular complexity index is 769. The molecule has 0 bridgehead atoms. The number of nitriles is 1. The Hall–Kier alpha value is -2.97. The zero-order chi connectivity index (χ0) is 19.9. The number of carbonyl (C=O) groups excluding carboxylic acids is 2. The number of aliphatic hydroxyl groups excluding tert-OH is 1. The van der Waals surface area contributed by atoms with Gasteiger partial charge in [0.2, 0.25) is 11.8 Å². The molecule has 4 unspecified atom stereocenters. The molecule has 11 nitrogen and oxygen atoms in total. The summed E-state index contributed by atoms with van der Waals surface area (Å²) in [6, 6.07) is 0.496. The van der Waals surface area contributed by atoms with E-state index in [1.54, 1.807) is 18.0 Å². The summed E-state index contributed by atoms with van der Waals surface area (Å²) in [6.07, 6.45) is 0.902. The van der Waals surface area contributed by atoms with Gasteiger partial charge in [-0.1, -0.05) is 6.92 Å². The number of nitrogens with two attached hydrogens (primary N) is 1. The fourth-order valence-corrected chi connectivity index (χ4v) is 4.00. The van der Waals surface area contributed by atoms with Gasteiger partial charge in [-0.2, -0.15) is 5.26 Å². The van der Waals surface area contributed by atoms with Crippen molar-refractivity contribution < 1.29 is 19.8 Å². The minimum Gasteiger partial charge on any atom is -0.506 e. The Morgan fingerprint density at radius 1 is 1.59 bits per heavy atom. The number of urea groups is 1. The monoisotopic (exact) mass is 377 g/mol. The zero-order valence-electron chi connectivity index (χ0n) is 15.1. The summed E-state index contributed by atoms with van der Waals surface area (Å²) in [5, 5.41) is 38.1. The standard InChI is InChI=1S/C16H23N7O4/c1-8-4-6-23(10(25)3-5-17)16(18,27)12(8)22(2)14-11-9(24)7-19-13(11)20-15(26)21-14/h7-8,12-13,19,24,27H,3-4,6,18H2,1-2H3,(H2,20,21,26). The lowest BCUT2D eigenvalue weighted by Crippen LogP contribution is -2.74. The van der Waals surface area contributed by atoms with Crippen LogP contribution in [0.2, 0.25) is 0 Å². The van der Waals surface area contributed by atoms with E-state index in [1.807, 2.05) is 6.92 Å². The van der Waals surface area contributed by atoms with Crippen molar-refractivity contribution in [1.82, 2.24) is 25.8 Å². The number of aliphatic hydroxyl groups is 2. The molecule has 0 saturated carbocycles. The van der Waals surface area contributed by atoms with E-state index in [4.69, 9.17) is 11.0 Å². The highest BCUT2D eigenvalue weighted by Crippen LogP contribution is 2.34. The Morgan fingerprint density at radius 2 is 2.30 bits per heavy atom. The van der Waals surface area contributed by atoms with Crippen LogP contribution < -0.4 is 21.7 Å². The molecular formula is C16H23N7O4. The van der Waals surface area contributed by atoms with Gasteiger partial charge < -0.3 is 25.7 Å². The SMILES string of the molecule is CC1CCN(C(=O)CC#N)C(N)(O)C1N(C)C1=C2C(O)=CNC2NC(=O)N1. The molecule has 1 saturated heterocycles. The lowest BCUT2D eigenvalue weighted by molar-refractivity contribution is -0.193.